The van der Waals surface area contributed by atoms with Crippen molar-refractivity contribution in [2.24, 2.45) is 5.41 Å². The highest BCUT2D eigenvalue weighted by Crippen LogP contribution is 2.40. The first kappa shape index (κ1) is 13.9. The zero-order chi connectivity index (χ0) is 13.2. The Balaban J connectivity index is 1.92. The van der Waals surface area contributed by atoms with Gasteiger partial charge < -0.3 is 4.43 Å². The van der Waals surface area contributed by atoms with E-state index in [4.69, 9.17) is 4.43 Å². The van der Waals surface area contributed by atoms with Gasteiger partial charge in [-0.2, -0.15) is 11.3 Å². The molecule has 100 valence electrons. The van der Waals surface area contributed by atoms with Crippen LogP contribution >= 0.6 is 11.3 Å². The van der Waals surface area contributed by atoms with Crippen molar-refractivity contribution in [3.63, 3.8) is 0 Å². The molecular weight excluding hydrogens is 256 g/mol. The van der Waals surface area contributed by atoms with Crippen LogP contribution in [0, 0.1) is 5.41 Å². The molecule has 1 aliphatic rings. The van der Waals surface area contributed by atoms with E-state index in [-0.39, 0.29) is 0 Å². The minimum absolute atomic E-state index is 0.344. The summed E-state index contributed by atoms with van der Waals surface area (Å²) < 4.78 is 6.13. The number of thiophene rings is 1. The second-order valence-corrected chi connectivity index (χ2v) is 11.8. The lowest BCUT2D eigenvalue weighted by Gasteiger charge is -2.21. The molecule has 0 aliphatic heterocycles. The standard InChI is InChI=1S/C15H24OSSi/c1-15(8-5-13-7-10-17-12-13)9-6-14(11-15)16-18(2,3)4/h7,10-12H,5-6,8-9H2,1-4H3/t15-/m0/s1. The molecule has 0 fully saturated rings. The monoisotopic (exact) mass is 280 g/mol. The Morgan fingerprint density at radius 3 is 2.78 bits per heavy atom. The van der Waals surface area contributed by atoms with Crippen molar-refractivity contribution < 1.29 is 4.43 Å². The van der Waals surface area contributed by atoms with Gasteiger partial charge in [0.2, 0.25) is 8.32 Å². The fraction of sp³-hybridized carbons (Fsp3) is 0.600. The minimum Gasteiger partial charge on any atom is -0.548 e. The Hall–Kier alpha value is -0.543. The van der Waals surface area contributed by atoms with E-state index >= 15 is 0 Å². The molecule has 0 bridgehead atoms. The van der Waals surface area contributed by atoms with Crippen molar-refractivity contribution in [3.05, 3.63) is 34.2 Å². The summed E-state index contributed by atoms with van der Waals surface area (Å²) in [4.78, 5) is 0. The Labute approximate surface area is 116 Å². The molecule has 0 amide bonds. The van der Waals surface area contributed by atoms with Crippen LogP contribution in [0.25, 0.3) is 0 Å². The summed E-state index contributed by atoms with van der Waals surface area (Å²) in [5.74, 6) is 1.25. The van der Waals surface area contributed by atoms with E-state index in [2.05, 4.69) is 49.5 Å². The first-order chi connectivity index (χ1) is 8.36. The van der Waals surface area contributed by atoms with Crippen LogP contribution in [0.2, 0.25) is 19.6 Å². The normalized spacial score (nSPS) is 24.1. The van der Waals surface area contributed by atoms with E-state index in [9.17, 15) is 0 Å². The topological polar surface area (TPSA) is 9.23 Å². The van der Waals surface area contributed by atoms with Gasteiger partial charge in [-0.1, -0.05) is 6.92 Å². The molecule has 1 atom stereocenters. The highest BCUT2D eigenvalue weighted by molar-refractivity contribution is 7.07. The van der Waals surface area contributed by atoms with E-state index < -0.39 is 8.32 Å². The maximum atomic E-state index is 6.13. The molecule has 1 aromatic rings. The van der Waals surface area contributed by atoms with Gasteiger partial charge in [-0.3, -0.25) is 0 Å². The molecule has 1 aliphatic carbocycles. The zero-order valence-corrected chi connectivity index (χ0v) is 13.8. The summed E-state index contributed by atoms with van der Waals surface area (Å²) in [6.07, 6.45) is 7.21. The number of allylic oxidation sites excluding steroid dienone is 2. The summed E-state index contributed by atoms with van der Waals surface area (Å²) in [6.45, 7) is 9.15. The van der Waals surface area contributed by atoms with Gasteiger partial charge in [0.15, 0.2) is 0 Å². The number of hydrogen-bond acceptors (Lipinski definition) is 2. The molecule has 1 heterocycles. The minimum atomic E-state index is -1.43. The van der Waals surface area contributed by atoms with Crippen molar-refractivity contribution in [1.82, 2.24) is 0 Å². The third kappa shape index (κ3) is 3.99. The van der Waals surface area contributed by atoms with Gasteiger partial charge in [0.05, 0.1) is 5.76 Å². The van der Waals surface area contributed by atoms with Gasteiger partial charge in [0.25, 0.3) is 0 Å². The van der Waals surface area contributed by atoms with Crippen LogP contribution in [0.3, 0.4) is 0 Å². The maximum absolute atomic E-state index is 6.13. The fourth-order valence-electron chi connectivity index (χ4n) is 2.48. The molecule has 0 aromatic carbocycles. The molecule has 0 saturated heterocycles. The first-order valence-corrected chi connectivity index (χ1v) is 11.1. The highest BCUT2D eigenvalue weighted by atomic mass is 32.1. The lowest BCUT2D eigenvalue weighted by atomic mass is 9.84. The van der Waals surface area contributed by atoms with E-state index in [0.717, 1.165) is 6.42 Å². The van der Waals surface area contributed by atoms with Crippen LogP contribution < -0.4 is 0 Å². The summed E-state index contributed by atoms with van der Waals surface area (Å²) >= 11 is 1.79. The summed E-state index contributed by atoms with van der Waals surface area (Å²) in [6, 6.07) is 2.24. The van der Waals surface area contributed by atoms with Crippen LogP contribution in [-0.4, -0.2) is 8.32 Å². The van der Waals surface area contributed by atoms with E-state index in [1.165, 1.54) is 30.6 Å². The lowest BCUT2D eigenvalue weighted by Crippen LogP contribution is -2.24. The van der Waals surface area contributed by atoms with Crippen molar-refractivity contribution >= 4 is 19.7 Å². The zero-order valence-electron chi connectivity index (χ0n) is 12.0. The lowest BCUT2D eigenvalue weighted by molar-refractivity contribution is 0.378. The number of hydrogen-bond donors (Lipinski definition) is 0. The van der Waals surface area contributed by atoms with E-state index in [1.807, 2.05) is 0 Å². The first-order valence-electron chi connectivity index (χ1n) is 6.78. The second-order valence-electron chi connectivity index (χ2n) is 6.61. The third-order valence-electron chi connectivity index (χ3n) is 3.45. The molecule has 1 aromatic heterocycles. The average Bonchev–Trinajstić information content (AvgIpc) is 2.84. The van der Waals surface area contributed by atoms with Crippen LogP contribution in [-0.2, 0) is 10.8 Å². The molecule has 0 radical (unpaired) electrons. The van der Waals surface area contributed by atoms with Gasteiger partial charge in [0.1, 0.15) is 0 Å². The largest absolute Gasteiger partial charge is 0.548 e. The molecule has 0 N–H and O–H groups in total. The fourth-order valence-corrected chi connectivity index (χ4v) is 4.13. The van der Waals surface area contributed by atoms with Crippen molar-refractivity contribution in [2.45, 2.75) is 52.2 Å². The highest BCUT2D eigenvalue weighted by Gasteiger charge is 2.30. The molecular formula is C15H24OSSi. The third-order valence-corrected chi connectivity index (χ3v) is 5.06. The Bertz CT molecular complexity index is 416. The quantitative estimate of drug-likeness (QED) is 0.672. The molecule has 18 heavy (non-hydrogen) atoms. The summed E-state index contributed by atoms with van der Waals surface area (Å²) in [5, 5.41) is 4.43. The summed E-state index contributed by atoms with van der Waals surface area (Å²) in [7, 11) is -1.43. The molecule has 0 spiro atoms. The number of rotatable bonds is 5. The predicted octanol–water partition coefficient (Wildman–Crippen LogP) is 5.22. The summed E-state index contributed by atoms with van der Waals surface area (Å²) in [5.41, 5.74) is 1.82. The molecule has 3 heteroatoms. The van der Waals surface area contributed by atoms with Crippen LogP contribution in [0.1, 0.15) is 31.7 Å². The molecule has 1 nitrogen and oxygen atoms in total. The van der Waals surface area contributed by atoms with Gasteiger partial charge in [0, 0.05) is 6.42 Å². The van der Waals surface area contributed by atoms with Gasteiger partial charge in [-0.15, -0.1) is 0 Å². The van der Waals surface area contributed by atoms with Crippen molar-refractivity contribution in [3.8, 4) is 0 Å². The van der Waals surface area contributed by atoms with Crippen molar-refractivity contribution in [2.75, 3.05) is 0 Å². The Morgan fingerprint density at radius 1 is 1.39 bits per heavy atom. The van der Waals surface area contributed by atoms with Gasteiger partial charge in [-0.25, -0.2) is 0 Å². The van der Waals surface area contributed by atoms with Crippen LogP contribution in [0.15, 0.2) is 28.7 Å². The predicted molar refractivity (Wildman–Crippen MR) is 82.5 cm³/mol. The van der Waals surface area contributed by atoms with Crippen LogP contribution in [0.5, 0.6) is 0 Å². The Kier molecular flexibility index (Phi) is 4.02. The molecule has 0 saturated carbocycles. The molecule has 0 unspecified atom stereocenters. The molecule has 2 rings (SSSR count). The smallest absolute Gasteiger partial charge is 0.241 e. The Morgan fingerprint density at radius 2 is 2.17 bits per heavy atom. The van der Waals surface area contributed by atoms with E-state index in [0.29, 0.717) is 5.41 Å². The van der Waals surface area contributed by atoms with Gasteiger partial charge >= 0.3 is 0 Å². The SMILES string of the molecule is C[C@@]1(CCc2ccsc2)C=C(O[Si](C)(C)C)CC1. The average molecular weight is 281 g/mol. The van der Waals surface area contributed by atoms with Gasteiger partial charge in [-0.05, 0) is 72.8 Å². The van der Waals surface area contributed by atoms with Crippen molar-refractivity contribution in [1.29, 1.82) is 0 Å². The number of aryl methyl sites for hydroxylation is 1. The van der Waals surface area contributed by atoms with E-state index in [1.54, 1.807) is 11.3 Å². The second kappa shape index (κ2) is 5.22. The van der Waals surface area contributed by atoms with Crippen LogP contribution in [0.4, 0.5) is 0 Å². The maximum Gasteiger partial charge on any atom is 0.241 e.